The zero-order valence-corrected chi connectivity index (χ0v) is 6.80. The number of hydrogen-bond donors (Lipinski definition) is 0. The molecule has 0 radical (unpaired) electrons. The number of carbonyl (C=O) groups is 1. The van der Waals surface area contributed by atoms with Crippen LogP contribution in [0.3, 0.4) is 0 Å². The normalized spacial score (nSPS) is 8.62. The second-order valence-electron chi connectivity index (χ2n) is 2.25. The molecule has 4 heteroatoms. The molecule has 0 aliphatic rings. The number of aliphatic imine (C=N–C) groups is 1. The summed E-state index contributed by atoms with van der Waals surface area (Å²) in [7, 11) is 0. The first-order chi connectivity index (χ1) is 6.33. The van der Waals surface area contributed by atoms with Crippen molar-refractivity contribution in [3.8, 4) is 0 Å². The van der Waals surface area contributed by atoms with Gasteiger partial charge >= 0.3 is 6.09 Å². The van der Waals surface area contributed by atoms with Crippen molar-refractivity contribution < 1.29 is 9.53 Å². The van der Waals surface area contributed by atoms with Crippen LogP contribution >= 0.6 is 0 Å². The highest BCUT2D eigenvalue weighted by atomic mass is 16.5. The zero-order chi connectivity index (χ0) is 9.52. The molecule has 66 valence electrons. The van der Waals surface area contributed by atoms with Gasteiger partial charge in [-0.15, -0.1) is 6.01 Å². The van der Waals surface area contributed by atoms with Crippen LogP contribution in [0, 0.1) is 0 Å². The van der Waals surface area contributed by atoms with E-state index in [1.54, 1.807) is 0 Å². The highest BCUT2D eigenvalue weighted by Gasteiger charge is 1.93. The largest absolute Gasteiger partial charge is 0.459 e. The number of amides is 1. The molecule has 1 rings (SSSR count). The minimum atomic E-state index is -0.855. The van der Waals surface area contributed by atoms with Crippen LogP contribution in [-0.4, -0.2) is 12.1 Å². The lowest BCUT2D eigenvalue weighted by molar-refractivity contribution is 0.151. The van der Waals surface area contributed by atoms with Crippen molar-refractivity contribution in [2.24, 2.45) is 4.99 Å². The van der Waals surface area contributed by atoms with Crippen LogP contribution in [0.4, 0.5) is 4.79 Å². The number of nitrogens with zero attached hydrogens (tertiary/aromatic N) is 2. The molecule has 0 aliphatic heterocycles. The molecular formula is C9H7N2O2-. The lowest BCUT2D eigenvalue weighted by atomic mass is 10.2. The molecule has 1 aromatic rings. The molecule has 0 saturated heterocycles. The van der Waals surface area contributed by atoms with E-state index in [2.05, 4.69) is 9.73 Å². The van der Waals surface area contributed by atoms with Gasteiger partial charge in [0, 0.05) is 0 Å². The zero-order valence-electron chi connectivity index (χ0n) is 6.80. The molecule has 1 amide bonds. The number of rotatable bonds is 2. The molecule has 0 spiro atoms. The third-order valence-corrected chi connectivity index (χ3v) is 1.35. The third kappa shape index (κ3) is 3.31. The molecule has 4 nitrogen and oxygen atoms in total. The Labute approximate surface area is 75.4 Å². The highest BCUT2D eigenvalue weighted by Crippen LogP contribution is 2.00. The van der Waals surface area contributed by atoms with Gasteiger partial charge in [0.15, 0.2) is 0 Å². The first kappa shape index (κ1) is 9.16. The molecule has 1 aromatic carbocycles. The van der Waals surface area contributed by atoms with E-state index in [0.717, 1.165) is 5.56 Å². The predicted octanol–water partition coefficient (Wildman–Crippen LogP) is 2.07. The Kier molecular flexibility index (Phi) is 3.42. The maximum absolute atomic E-state index is 10.6. The molecule has 0 atom stereocenters. The molecule has 0 heterocycles. The first-order valence-corrected chi connectivity index (χ1v) is 3.63. The lowest BCUT2D eigenvalue weighted by Gasteiger charge is -2.02. The fraction of sp³-hybridized carbons (Fsp3) is 0.111. The summed E-state index contributed by atoms with van der Waals surface area (Å²) in [6, 6.07) is 10.5. The summed E-state index contributed by atoms with van der Waals surface area (Å²) in [5.74, 6) is 0. The van der Waals surface area contributed by atoms with Crippen molar-refractivity contribution in [1.82, 2.24) is 0 Å². The van der Waals surface area contributed by atoms with E-state index in [4.69, 9.17) is 5.41 Å². The van der Waals surface area contributed by atoms with Gasteiger partial charge in [-0.2, -0.15) is 0 Å². The average molecular weight is 175 g/mol. The Morgan fingerprint density at radius 3 is 2.77 bits per heavy atom. The molecule has 13 heavy (non-hydrogen) atoms. The van der Waals surface area contributed by atoms with Crippen molar-refractivity contribution in [3.63, 3.8) is 0 Å². The Morgan fingerprint density at radius 2 is 2.15 bits per heavy atom. The third-order valence-electron chi connectivity index (χ3n) is 1.35. The van der Waals surface area contributed by atoms with E-state index in [-0.39, 0.29) is 6.61 Å². The van der Waals surface area contributed by atoms with Crippen LogP contribution in [-0.2, 0) is 11.3 Å². The van der Waals surface area contributed by atoms with Crippen LogP contribution in [0.2, 0.25) is 0 Å². The maximum Gasteiger partial charge on any atom is 0.335 e. The van der Waals surface area contributed by atoms with Crippen LogP contribution in [0.15, 0.2) is 35.3 Å². The summed E-state index contributed by atoms with van der Waals surface area (Å²) >= 11 is 0. The van der Waals surface area contributed by atoms with E-state index in [0.29, 0.717) is 0 Å². The summed E-state index contributed by atoms with van der Waals surface area (Å²) in [5.41, 5.74) is 0.865. The molecule has 0 aromatic heterocycles. The van der Waals surface area contributed by atoms with Gasteiger partial charge in [0.05, 0.1) is 0 Å². The Balaban J connectivity index is 2.44. The fourth-order valence-corrected chi connectivity index (χ4v) is 0.792. The molecular weight excluding hydrogens is 168 g/mol. The molecule has 0 fully saturated rings. The molecule has 0 saturated carbocycles. The van der Waals surface area contributed by atoms with Crippen molar-refractivity contribution >= 4 is 12.1 Å². The van der Waals surface area contributed by atoms with Crippen LogP contribution in [0.1, 0.15) is 5.56 Å². The lowest BCUT2D eigenvalue weighted by Crippen LogP contribution is -1.98. The van der Waals surface area contributed by atoms with Gasteiger partial charge in [-0.05, 0) is 5.56 Å². The van der Waals surface area contributed by atoms with Crippen LogP contribution in [0.5, 0.6) is 0 Å². The van der Waals surface area contributed by atoms with Gasteiger partial charge < -0.3 is 15.1 Å². The molecule has 0 aliphatic carbocycles. The number of ether oxygens (including phenoxy) is 1. The Bertz CT molecular complexity index is 329. The smallest absolute Gasteiger partial charge is 0.335 e. The van der Waals surface area contributed by atoms with E-state index in [1.165, 1.54) is 6.01 Å². The number of carbonyl (C=O) groups excluding carboxylic acids is 1. The predicted molar refractivity (Wildman–Crippen MR) is 47.4 cm³/mol. The number of benzene rings is 1. The first-order valence-electron chi connectivity index (χ1n) is 3.63. The van der Waals surface area contributed by atoms with Crippen molar-refractivity contribution in [3.05, 3.63) is 41.3 Å². The van der Waals surface area contributed by atoms with E-state index in [9.17, 15) is 4.79 Å². The topological polar surface area (TPSA) is 61.0 Å². The standard InChI is InChI=1S/C9H7N2O2/c10-7-11-9(12)13-6-8-4-2-1-3-5-8/h1-5H,6H2/q-1. The highest BCUT2D eigenvalue weighted by molar-refractivity contribution is 5.75. The summed E-state index contributed by atoms with van der Waals surface area (Å²) in [6.07, 6.45) is -0.855. The molecule has 0 N–H and O–H groups in total. The van der Waals surface area contributed by atoms with Crippen molar-refractivity contribution in [1.29, 1.82) is 0 Å². The summed E-state index contributed by atoms with van der Waals surface area (Å²) in [4.78, 5) is 13.5. The van der Waals surface area contributed by atoms with E-state index < -0.39 is 6.09 Å². The monoisotopic (exact) mass is 175 g/mol. The minimum absolute atomic E-state index is 0.144. The molecule has 0 bridgehead atoms. The second kappa shape index (κ2) is 4.85. The van der Waals surface area contributed by atoms with E-state index >= 15 is 0 Å². The average Bonchev–Trinajstić information content (AvgIpc) is 2.17. The molecule has 0 unspecified atom stereocenters. The van der Waals surface area contributed by atoms with E-state index in [1.807, 2.05) is 30.3 Å². The van der Waals surface area contributed by atoms with Gasteiger partial charge in [-0.3, -0.25) is 4.79 Å². The maximum atomic E-state index is 10.6. The van der Waals surface area contributed by atoms with Gasteiger partial charge in [0.1, 0.15) is 6.61 Å². The van der Waals surface area contributed by atoms with Crippen LogP contribution < -0.4 is 0 Å². The summed E-state index contributed by atoms with van der Waals surface area (Å²) in [6.45, 7) is 0.144. The van der Waals surface area contributed by atoms with Gasteiger partial charge in [-0.25, -0.2) is 0 Å². The van der Waals surface area contributed by atoms with Crippen LogP contribution in [0.25, 0.3) is 5.41 Å². The quantitative estimate of drug-likeness (QED) is 0.646. The summed E-state index contributed by atoms with van der Waals surface area (Å²) in [5, 5.41) is 8.02. The van der Waals surface area contributed by atoms with Gasteiger partial charge in [0.2, 0.25) is 0 Å². The van der Waals surface area contributed by atoms with Crippen molar-refractivity contribution in [2.45, 2.75) is 6.61 Å². The second-order valence-corrected chi connectivity index (χ2v) is 2.25. The fourth-order valence-electron chi connectivity index (χ4n) is 0.792. The summed E-state index contributed by atoms with van der Waals surface area (Å²) < 4.78 is 4.64. The van der Waals surface area contributed by atoms with Crippen molar-refractivity contribution in [2.75, 3.05) is 0 Å². The number of hydrogen-bond acceptors (Lipinski definition) is 2. The van der Waals surface area contributed by atoms with Gasteiger partial charge in [-0.1, -0.05) is 30.3 Å². The SMILES string of the molecule is [N-]=C=NC(=O)OCc1ccccc1. The Hall–Kier alpha value is -1.93. The Morgan fingerprint density at radius 1 is 1.46 bits per heavy atom. The minimum Gasteiger partial charge on any atom is -0.459 e. The van der Waals surface area contributed by atoms with Gasteiger partial charge in [0.25, 0.3) is 0 Å².